The van der Waals surface area contributed by atoms with Gasteiger partial charge in [0.25, 0.3) is 17.5 Å². The van der Waals surface area contributed by atoms with Crippen molar-refractivity contribution >= 4 is 29.1 Å². The van der Waals surface area contributed by atoms with E-state index in [0.29, 0.717) is 12.2 Å². The molecule has 29 heavy (non-hydrogen) atoms. The summed E-state index contributed by atoms with van der Waals surface area (Å²) < 4.78 is 0. The topological polar surface area (TPSA) is 101 Å². The van der Waals surface area contributed by atoms with Crippen LogP contribution in [0.3, 0.4) is 0 Å². The second-order valence-electron chi connectivity index (χ2n) is 6.99. The number of rotatable bonds is 5. The van der Waals surface area contributed by atoms with Crippen LogP contribution in [0.4, 0.5) is 11.4 Å². The Morgan fingerprint density at radius 2 is 1.86 bits per heavy atom. The highest BCUT2D eigenvalue weighted by Crippen LogP contribution is 2.32. The fraction of sp³-hybridized carbons (Fsp3) is 0.286. The molecule has 1 atom stereocenters. The van der Waals surface area contributed by atoms with Crippen molar-refractivity contribution in [3.8, 4) is 0 Å². The normalized spacial score (nSPS) is 14.0. The Morgan fingerprint density at radius 1 is 1.17 bits per heavy atom. The van der Waals surface area contributed by atoms with Gasteiger partial charge in [-0.25, -0.2) is 0 Å². The van der Waals surface area contributed by atoms with Crippen LogP contribution in [0.25, 0.3) is 0 Å². The highest BCUT2D eigenvalue weighted by atomic mass is 16.6. The molecule has 0 spiro atoms. The first kappa shape index (κ1) is 20.2. The van der Waals surface area contributed by atoms with Crippen LogP contribution in [-0.4, -0.2) is 40.1 Å². The molecular weight excluding hydrogens is 374 g/mol. The van der Waals surface area contributed by atoms with Gasteiger partial charge in [0.2, 0.25) is 5.91 Å². The van der Waals surface area contributed by atoms with E-state index >= 15 is 0 Å². The quantitative estimate of drug-likeness (QED) is 0.439. The van der Waals surface area contributed by atoms with Crippen molar-refractivity contribution in [2.75, 3.05) is 11.4 Å². The molecule has 0 bridgehead atoms. The van der Waals surface area contributed by atoms with E-state index in [9.17, 15) is 24.5 Å². The second-order valence-corrected chi connectivity index (χ2v) is 6.99. The van der Waals surface area contributed by atoms with Crippen LogP contribution in [0, 0.1) is 24.0 Å². The Balaban J connectivity index is 1.97. The molecule has 1 aliphatic heterocycles. The van der Waals surface area contributed by atoms with Gasteiger partial charge in [0.05, 0.1) is 10.5 Å². The lowest BCUT2D eigenvalue weighted by molar-refractivity contribution is -0.385. The van der Waals surface area contributed by atoms with Crippen molar-refractivity contribution < 1.29 is 19.3 Å². The predicted octanol–water partition coefficient (Wildman–Crippen LogP) is 3.25. The molecule has 3 rings (SSSR count). The zero-order valence-electron chi connectivity index (χ0n) is 16.6. The number of imide groups is 1. The van der Waals surface area contributed by atoms with Crippen LogP contribution in [0.5, 0.6) is 0 Å². The molecule has 0 N–H and O–H groups in total. The average molecular weight is 395 g/mol. The standard InChI is InChI=1S/C21H21N3O5/c1-5-22(16-10-9-12(2)11-13(16)3)19(25)14(4)23-20(26)15-7-6-8-17(24(28)29)18(15)21(23)27/h6-11,14H,5H2,1-4H3. The Kier molecular flexibility index (Phi) is 5.19. The van der Waals surface area contributed by atoms with Crippen molar-refractivity contribution in [3.05, 3.63) is 68.8 Å². The largest absolute Gasteiger partial charge is 0.311 e. The van der Waals surface area contributed by atoms with Crippen molar-refractivity contribution in [1.29, 1.82) is 0 Å². The molecule has 1 heterocycles. The number of hydrogen-bond acceptors (Lipinski definition) is 5. The highest BCUT2D eigenvalue weighted by Gasteiger charge is 2.45. The van der Waals surface area contributed by atoms with E-state index in [4.69, 9.17) is 0 Å². The summed E-state index contributed by atoms with van der Waals surface area (Å²) in [6, 6.07) is 8.44. The Hall–Kier alpha value is -3.55. The van der Waals surface area contributed by atoms with E-state index < -0.39 is 34.4 Å². The van der Waals surface area contributed by atoms with Gasteiger partial charge in [0.15, 0.2) is 0 Å². The van der Waals surface area contributed by atoms with E-state index in [2.05, 4.69) is 0 Å². The van der Waals surface area contributed by atoms with Gasteiger partial charge in [-0.05, 0) is 45.4 Å². The van der Waals surface area contributed by atoms with Gasteiger partial charge in [-0.15, -0.1) is 0 Å². The summed E-state index contributed by atoms with van der Waals surface area (Å²) in [5.41, 5.74) is 1.87. The number of nitro groups is 1. The van der Waals surface area contributed by atoms with Crippen LogP contribution in [0.2, 0.25) is 0 Å². The van der Waals surface area contributed by atoms with Crippen molar-refractivity contribution in [2.24, 2.45) is 0 Å². The van der Waals surface area contributed by atoms with Crippen molar-refractivity contribution in [3.63, 3.8) is 0 Å². The third-order valence-corrected chi connectivity index (χ3v) is 5.09. The van der Waals surface area contributed by atoms with Gasteiger partial charge in [-0.2, -0.15) is 0 Å². The molecule has 2 aromatic rings. The lowest BCUT2D eigenvalue weighted by atomic mass is 10.1. The summed E-state index contributed by atoms with van der Waals surface area (Å²) in [5, 5.41) is 11.3. The molecule has 0 saturated carbocycles. The molecule has 8 heteroatoms. The maximum Gasteiger partial charge on any atom is 0.282 e. The third-order valence-electron chi connectivity index (χ3n) is 5.09. The molecule has 0 aliphatic carbocycles. The minimum Gasteiger partial charge on any atom is -0.311 e. The SMILES string of the molecule is CCN(C(=O)C(C)N1C(=O)c2cccc([N+](=O)[O-])c2C1=O)c1ccc(C)cc1C. The molecule has 1 aliphatic rings. The van der Waals surface area contributed by atoms with Crippen LogP contribution in [0.15, 0.2) is 36.4 Å². The van der Waals surface area contributed by atoms with Gasteiger partial charge >= 0.3 is 0 Å². The monoisotopic (exact) mass is 395 g/mol. The Morgan fingerprint density at radius 3 is 2.45 bits per heavy atom. The number of carbonyl (C=O) groups is 3. The number of fused-ring (bicyclic) bond motifs is 1. The van der Waals surface area contributed by atoms with E-state index in [-0.39, 0.29) is 11.1 Å². The summed E-state index contributed by atoms with van der Waals surface area (Å²) in [6.07, 6.45) is 0. The fourth-order valence-corrected chi connectivity index (χ4v) is 3.68. The molecule has 8 nitrogen and oxygen atoms in total. The molecule has 0 saturated heterocycles. The maximum atomic E-state index is 13.2. The lowest BCUT2D eigenvalue weighted by Gasteiger charge is -2.29. The van der Waals surface area contributed by atoms with Crippen LogP contribution >= 0.6 is 0 Å². The third kappa shape index (κ3) is 3.26. The lowest BCUT2D eigenvalue weighted by Crippen LogP contribution is -2.49. The summed E-state index contributed by atoms with van der Waals surface area (Å²) in [5.74, 6) is -1.96. The molecule has 3 amide bonds. The number of benzene rings is 2. The van der Waals surface area contributed by atoms with Gasteiger partial charge in [0.1, 0.15) is 11.6 Å². The van der Waals surface area contributed by atoms with Crippen molar-refractivity contribution in [2.45, 2.75) is 33.7 Å². The zero-order chi connectivity index (χ0) is 21.5. The minimum atomic E-state index is -1.11. The van der Waals surface area contributed by atoms with Crippen LogP contribution in [0.1, 0.15) is 45.7 Å². The number of carbonyl (C=O) groups excluding carboxylic acids is 3. The van der Waals surface area contributed by atoms with Crippen LogP contribution < -0.4 is 4.90 Å². The first-order valence-electron chi connectivity index (χ1n) is 9.23. The zero-order valence-corrected chi connectivity index (χ0v) is 16.6. The van der Waals surface area contributed by atoms with Crippen LogP contribution in [-0.2, 0) is 4.79 Å². The molecule has 0 fully saturated rings. The molecule has 150 valence electrons. The van der Waals surface area contributed by atoms with Gasteiger partial charge in [-0.3, -0.25) is 29.4 Å². The van der Waals surface area contributed by atoms with Gasteiger partial charge < -0.3 is 4.90 Å². The summed E-state index contributed by atoms with van der Waals surface area (Å²) in [7, 11) is 0. The fourth-order valence-electron chi connectivity index (χ4n) is 3.68. The van der Waals surface area contributed by atoms with E-state index in [1.807, 2.05) is 32.0 Å². The summed E-state index contributed by atoms with van der Waals surface area (Å²) >= 11 is 0. The maximum absolute atomic E-state index is 13.2. The number of likely N-dealkylation sites (N-methyl/N-ethyl adjacent to an activating group) is 1. The molecule has 0 radical (unpaired) electrons. The van der Waals surface area contributed by atoms with Gasteiger partial charge in [-0.1, -0.05) is 23.8 Å². The molecule has 2 aromatic carbocycles. The van der Waals surface area contributed by atoms with E-state index in [0.717, 1.165) is 16.0 Å². The van der Waals surface area contributed by atoms with Crippen molar-refractivity contribution in [1.82, 2.24) is 4.90 Å². The molecular formula is C21H21N3O5. The van der Waals surface area contributed by atoms with Gasteiger partial charge in [0, 0.05) is 18.3 Å². The smallest absolute Gasteiger partial charge is 0.282 e. The number of amides is 3. The van der Waals surface area contributed by atoms with E-state index in [1.54, 1.807) is 6.92 Å². The minimum absolute atomic E-state index is 0.0570. The predicted molar refractivity (Wildman–Crippen MR) is 107 cm³/mol. The summed E-state index contributed by atoms with van der Waals surface area (Å²) in [4.78, 5) is 51.8. The first-order chi connectivity index (χ1) is 13.7. The summed E-state index contributed by atoms with van der Waals surface area (Å²) in [6.45, 7) is 7.44. The number of nitrogens with zero attached hydrogens (tertiary/aromatic N) is 3. The first-order valence-corrected chi connectivity index (χ1v) is 9.23. The number of aryl methyl sites for hydroxylation is 2. The number of hydrogen-bond donors (Lipinski definition) is 0. The Bertz CT molecular complexity index is 1050. The molecule has 0 aromatic heterocycles. The number of nitro benzene ring substituents is 1. The van der Waals surface area contributed by atoms with E-state index in [1.165, 1.54) is 30.0 Å². The number of anilines is 1. The Labute approximate surface area is 167 Å². The molecule has 1 unspecified atom stereocenters. The average Bonchev–Trinajstić information content (AvgIpc) is 2.93. The second kappa shape index (κ2) is 7.46. The highest BCUT2D eigenvalue weighted by molar-refractivity contribution is 6.25.